The number of aliphatic hydroxyl groups is 5. The van der Waals surface area contributed by atoms with Gasteiger partial charge in [-0.2, -0.15) is 0 Å². The molecule has 1 spiro atoms. The number of allylic oxidation sites excluding steroid dienone is 3. The molecular formula is C67H98N2O25. The highest BCUT2D eigenvalue weighted by Gasteiger charge is 2.65. The van der Waals surface area contributed by atoms with Crippen LogP contribution in [-0.2, 0) is 80.8 Å². The maximum atomic E-state index is 15.6. The molecule has 94 heavy (non-hydrogen) atoms. The summed E-state index contributed by atoms with van der Waals surface area (Å²) in [6.07, 6.45) is -8.11. The number of alkyl carbamates (subject to hydrolysis) is 1. The first-order chi connectivity index (χ1) is 44.3. The minimum Gasteiger partial charge on any atom is -0.511 e. The van der Waals surface area contributed by atoms with Gasteiger partial charge in [-0.3, -0.25) is 24.8 Å². The van der Waals surface area contributed by atoms with E-state index >= 15 is 4.79 Å². The third-order valence-corrected chi connectivity index (χ3v) is 21.8. The number of carbonyl (C=O) groups excluding carboxylic acids is 5. The first kappa shape index (κ1) is 72.1. The van der Waals surface area contributed by atoms with Crippen molar-refractivity contribution < 1.29 is 121 Å². The molecule has 27 heteroatoms. The topological polar surface area (TPSA) is 362 Å². The van der Waals surface area contributed by atoms with Gasteiger partial charge in [-0.15, -0.1) is 0 Å². The molecule has 8 N–H and O–H groups in total. The number of rotatable bonds is 14. The molecular weight excluding hydrogens is 1230 g/mol. The molecule has 6 saturated heterocycles. The number of aliphatic hydroxyl groups excluding tert-OH is 5. The average Bonchev–Trinajstić information content (AvgIpc) is 1.35. The van der Waals surface area contributed by atoms with E-state index in [2.05, 4.69) is 19.2 Å². The van der Waals surface area contributed by atoms with E-state index in [1.54, 1.807) is 47.6 Å². The van der Waals surface area contributed by atoms with Crippen molar-refractivity contribution in [3.8, 4) is 0 Å². The number of hydrogen-bond donors (Lipinski definition) is 8. The largest absolute Gasteiger partial charge is 0.511 e. The Balaban J connectivity index is 0.910. The number of esters is 2. The van der Waals surface area contributed by atoms with Gasteiger partial charge in [0.05, 0.1) is 91.8 Å². The Morgan fingerprint density at radius 1 is 0.691 bits per heavy atom. The number of fused-ring (bicyclic) bond motifs is 4. The average molecular weight is 1330 g/mol. The van der Waals surface area contributed by atoms with Crippen LogP contribution in [0.1, 0.15) is 141 Å². The Hall–Kier alpha value is -4.63. The van der Waals surface area contributed by atoms with E-state index in [1.165, 1.54) is 27.0 Å². The number of hydroxylamine groups is 2. The van der Waals surface area contributed by atoms with Gasteiger partial charge in [0.15, 0.2) is 43.2 Å². The first-order valence-corrected chi connectivity index (χ1v) is 33.2. The monoisotopic (exact) mass is 1330 g/mol. The van der Waals surface area contributed by atoms with Gasteiger partial charge >= 0.3 is 18.0 Å². The summed E-state index contributed by atoms with van der Waals surface area (Å²) in [5.41, 5.74) is -4.70. The summed E-state index contributed by atoms with van der Waals surface area (Å²) >= 11 is 0. The lowest BCUT2D eigenvalue weighted by Crippen LogP contribution is -2.68. The Labute approximate surface area is 547 Å². The van der Waals surface area contributed by atoms with Crippen molar-refractivity contribution in [2.45, 2.75) is 281 Å². The molecule has 0 aromatic heterocycles. The lowest BCUT2D eigenvalue weighted by Gasteiger charge is -2.56. The zero-order chi connectivity index (χ0) is 68.4. The van der Waals surface area contributed by atoms with Crippen molar-refractivity contribution in [3.63, 3.8) is 0 Å². The van der Waals surface area contributed by atoms with Crippen LogP contribution < -0.4 is 5.32 Å². The second kappa shape index (κ2) is 28.7. The number of aldehydes is 1. The zero-order valence-electron chi connectivity index (χ0n) is 55.8. The van der Waals surface area contributed by atoms with Crippen LogP contribution in [0.4, 0.5) is 4.79 Å². The fourth-order valence-electron chi connectivity index (χ4n) is 17.0. The molecule has 4 aliphatic carbocycles. The normalized spacial score (nSPS) is 46.8. The molecule has 7 fully saturated rings. The summed E-state index contributed by atoms with van der Waals surface area (Å²) in [6, 6.07) is -1.01. The third kappa shape index (κ3) is 14.1. The van der Waals surface area contributed by atoms with Crippen LogP contribution in [0.25, 0.3) is 0 Å². The molecule has 0 aromatic rings. The smallest absolute Gasteiger partial charge is 0.407 e. The zero-order valence-corrected chi connectivity index (χ0v) is 55.8. The standard InChI is InChI=1S/C67H98N2O25/c1-29-14-18-47(89-53-27-65(11,69(80)81)60(37(9)87-53)68-64(79)82-13)30(2)21-42-44(73)22-39(28-70)26-67(42)62(77)54(63(78)94-67)61(76)66(12)41(29)16-15-40-55(66)31(3)20-32(4)56(40)92-52-25-48(59(36(8)86-52)88-38(10)71)90-50-23-45(74)58(35(7)84-50)93-51-24-46(75)57(34(6)85-51)91-49-19-17-43(72)33(5)83-49/h14-16,21-22,28,31-37,40-53,55-60,72-76,80-81H,17-20,23-27H2,1-13H3,(H,68,79). The molecule has 10 aliphatic rings. The second-order valence-corrected chi connectivity index (χ2v) is 28.4. The van der Waals surface area contributed by atoms with Crippen LogP contribution in [0.2, 0.25) is 0 Å². The van der Waals surface area contributed by atoms with Crippen LogP contribution in [0, 0.1) is 40.9 Å². The van der Waals surface area contributed by atoms with Gasteiger partial charge < -0.3 is 92.4 Å². The van der Waals surface area contributed by atoms with Crippen molar-refractivity contribution in [2.75, 3.05) is 7.11 Å². The molecule has 10 rings (SSSR count). The number of ether oxygens (including phenoxy) is 13. The summed E-state index contributed by atoms with van der Waals surface area (Å²) in [6.45, 7) is 20.9. The van der Waals surface area contributed by atoms with E-state index in [0.717, 1.165) is 0 Å². The molecule has 30 atom stereocenters. The number of ketones is 1. The van der Waals surface area contributed by atoms with Crippen LogP contribution >= 0.6 is 0 Å². The number of carbonyl (C=O) groups is 5. The van der Waals surface area contributed by atoms with Crippen LogP contribution in [-0.4, -0.2) is 219 Å². The summed E-state index contributed by atoms with van der Waals surface area (Å²) < 4.78 is 81.2. The number of nitrogens with one attached hydrogen (secondary N) is 1. The minimum absolute atomic E-state index is 0.00161. The quantitative estimate of drug-likeness (QED) is 0.0279. The highest BCUT2D eigenvalue weighted by Crippen LogP contribution is 2.61. The highest BCUT2D eigenvalue weighted by molar-refractivity contribution is 6.26. The van der Waals surface area contributed by atoms with Gasteiger partial charge in [0.2, 0.25) is 5.78 Å². The van der Waals surface area contributed by atoms with E-state index in [4.69, 9.17) is 61.6 Å². The third-order valence-electron chi connectivity index (χ3n) is 21.8. The molecule has 1 amide bonds. The van der Waals surface area contributed by atoms with E-state index in [9.17, 15) is 55.1 Å². The van der Waals surface area contributed by atoms with Gasteiger partial charge in [0, 0.05) is 62.7 Å². The summed E-state index contributed by atoms with van der Waals surface area (Å²) in [5.74, 6) is -6.62. The van der Waals surface area contributed by atoms with Crippen molar-refractivity contribution >= 4 is 30.1 Å². The van der Waals surface area contributed by atoms with Gasteiger partial charge in [-0.05, 0) is 110 Å². The summed E-state index contributed by atoms with van der Waals surface area (Å²) in [4.78, 5) is 68.1. The minimum atomic E-state index is -2.20. The number of hydrogen-bond acceptors (Lipinski definition) is 26. The highest BCUT2D eigenvalue weighted by atomic mass is 16.8. The maximum absolute atomic E-state index is 15.6. The molecule has 30 unspecified atom stereocenters. The number of nitrogens with zero attached hydrogens (tertiary/aromatic N) is 1. The molecule has 526 valence electrons. The number of Topliss-reactive ketones (excluding diaryl/α,β-unsaturated/α-hetero) is 1. The summed E-state index contributed by atoms with van der Waals surface area (Å²) in [5, 5.41) is 82.3. The van der Waals surface area contributed by atoms with Gasteiger partial charge in [-0.1, -0.05) is 55.9 Å². The maximum Gasteiger partial charge on any atom is 0.407 e. The van der Waals surface area contributed by atoms with Crippen LogP contribution in [0.3, 0.4) is 0 Å². The number of methoxy groups -OCH3 is 1. The van der Waals surface area contributed by atoms with Crippen molar-refractivity contribution in [2.24, 2.45) is 40.9 Å². The molecule has 6 aliphatic heterocycles. The first-order valence-electron chi connectivity index (χ1n) is 33.2. The van der Waals surface area contributed by atoms with Crippen molar-refractivity contribution in [3.05, 3.63) is 58.4 Å². The van der Waals surface area contributed by atoms with Crippen LogP contribution in [0.15, 0.2) is 58.4 Å². The van der Waals surface area contributed by atoms with E-state index < -0.39 is 211 Å². The molecule has 0 aromatic carbocycles. The predicted octanol–water partition coefficient (Wildman–Crippen LogP) is 5.13. The van der Waals surface area contributed by atoms with Gasteiger partial charge in [0.25, 0.3) is 0 Å². The SMILES string of the molecule is COC(=O)NC1C(C)OC(OC2CC=C(C)C3C=CC4C(OC5CC(OC6CC(O)C(OC7CC(O)C(OC8CCC(O)C(C)O8)C(C)O7)C(C)O6)C(OC(C)=O)C(C)O5)C(C)CC(C)C4C3(C)C(O)=C3C(=O)OC4(CC(C=O)=CC(O)C4C=C2C)C3=O)CC1(C)N(O)O. The Bertz CT molecular complexity index is 2930. The molecule has 1 saturated carbocycles. The van der Waals surface area contributed by atoms with E-state index in [1.807, 2.05) is 32.1 Å². The Kier molecular flexibility index (Phi) is 22.0. The second-order valence-electron chi connectivity index (χ2n) is 28.4. The summed E-state index contributed by atoms with van der Waals surface area (Å²) in [7, 11) is 1.17. The molecule has 6 heterocycles. The molecule has 27 nitrogen and oxygen atoms in total. The van der Waals surface area contributed by atoms with Crippen molar-refractivity contribution in [1.29, 1.82) is 0 Å². The molecule has 2 bridgehead atoms. The van der Waals surface area contributed by atoms with Gasteiger partial charge in [0.1, 0.15) is 35.9 Å². The van der Waals surface area contributed by atoms with E-state index in [-0.39, 0.29) is 54.7 Å². The number of amides is 1. The predicted molar refractivity (Wildman–Crippen MR) is 325 cm³/mol. The fourth-order valence-corrected chi connectivity index (χ4v) is 17.0. The van der Waals surface area contributed by atoms with Crippen molar-refractivity contribution in [1.82, 2.24) is 10.5 Å². The van der Waals surface area contributed by atoms with Gasteiger partial charge in [-0.25, -0.2) is 9.59 Å². The lowest BCUT2D eigenvalue weighted by atomic mass is 9.49. The Morgan fingerprint density at radius 3 is 1.89 bits per heavy atom. The Morgan fingerprint density at radius 2 is 1.29 bits per heavy atom. The van der Waals surface area contributed by atoms with E-state index in [0.29, 0.717) is 36.7 Å². The van der Waals surface area contributed by atoms with Crippen LogP contribution in [0.5, 0.6) is 0 Å². The fraction of sp³-hybridized carbons (Fsp3) is 0.776. The lowest BCUT2D eigenvalue weighted by molar-refractivity contribution is -0.390. The molecule has 0 radical (unpaired) electrons.